The molecule has 0 fully saturated rings. The quantitative estimate of drug-likeness (QED) is 0.149. The maximum atomic E-state index is 2.46. The van der Waals surface area contributed by atoms with Crippen LogP contribution < -0.4 is 30.5 Å². The lowest BCUT2D eigenvalue weighted by Crippen LogP contribution is -2.72. The molecule has 0 atom stereocenters. The number of fused-ring (bicyclic) bond motifs is 3. The van der Waals surface area contributed by atoms with E-state index in [9.17, 15) is 0 Å². The summed E-state index contributed by atoms with van der Waals surface area (Å²) < 4.78 is 0. The Hall–Kier alpha value is -6.42. The highest BCUT2D eigenvalue weighted by Crippen LogP contribution is 2.37. The third kappa shape index (κ3) is 5.27. The fourth-order valence-electron chi connectivity index (χ4n) is 7.98. The average molecular weight is 669 g/mol. The predicted octanol–water partition coefficient (Wildman–Crippen LogP) is 9.98. The Morgan fingerprint density at radius 3 is 0.902 bits per heavy atom. The van der Waals surface area contributed by atoms with Gasteiger partial charge in [-0.2, -0.15) is 0 Å². The Kier molecular flexibility index (Phi) is 7.88. The molecule has 0 saturated heterocycles. The first-order valence-corrected chi connectivity index (χ1v) is 19.5. The Morgan fingerprint density at radius 1 is 0.255 bits per heavy atom. The van der Waals surface area contributed by atoms with Crippen molar-refractivity contribution in [2.45, 2.75) is 0 Å². The molecule has 0 aliphatic carbocycles. The Balaban J connectivity index is 1.31. The summed E-state index contributed by atoms with van der Waals surface area (Å²) in [6.07, 6.45) is 0. The van der Waals surface area contributed by atoms with Crippen molar-refractivity contribution in [2.75, 3.05) is 9.80 Å². The lowest BCUT2D eigenvalue weighted by molar-refractivity contribution is 1.28. The molecule has 0 N–H and O–H groups in total. The number of rotatable bonds is 8. The van der Waals surface area contributed by atoms with Crippen molar-refractivity contribution in [1.82, 2.24) is 0 Å². The molecule has 0 saturated carbocycles. The second-order valence-electron chi connectivity index (χ2n) is 13.0. The van der Waals surface area contributed by atoms with Crippen molar-refractivity contribution in [1.29, 1.82) is 0 Å². The van der Waals surface area contributed by atoms with E-state index in [0.29, 0.717) is 0 Å². The van der Waals surface area contributed by atoms with Crippen molar-refractivity contribution in [2.24, 2.45) is 0 Å². The zero-order valence-electron chi connectivity index (χ0n) is 28.2. The van der Waals surface area contributed by atoms with E-state index in [-0.39, 0.29) is 0 Å². The molecule has 2 nitrogen and oxygen atoms in total. The van der Waals surface area contributed by atoms with Gasteiger partial charge in [0.1, 0.15) is 0 Å². The average Bonchev–Trinajstić information content (AvgIpc) is 3.51. The lowest BCUT2D eigenvalue weighted by atomic mass is 10.1. The highest BCUT2D eigenvalue weighted by molar-refractivity contribution is 7.22. The molecule has 0 aromatic heterocycles. The van der Waals surface area contributed by atoms with Crippen molar-refractivity contribution >= 4 is 62.9 Å². The minimum Gasteiger partial charge on any atom is -0.311 e. The fraction of sp³-hybridized carbons (Fsp3) is 0. The third-order valence-corrected chi connectivity index (χ3v) is 14.9. The molecule has 0 radical (unpaired) electrons. The van der Waals surface area contributed by atoms with Crippen LogP contribution >= 0.6 is 0 Å². The highest BCUT2D eigenvalue weighted by Gasteiger charge is 2.48. The summed E-state index contributed by atoms with van der Waals surface area (Å²) >= 11 is 0. The van der Waals surface area contributed by atoms with Gasteiger partial charge >= 0.3 is 0 Å². The predicted molar refractivity (Wildman–Crippen MR) is 218 cm³/mol. The van der Waals surface area contributed by atoms with Gasteiger partial charge in [0.15, 0.2) is 8.07 Å². The van der Waals surface area contributed by atoms with E-state index < -0.39 is 8.07 Å². The number of nitrogens with zero attached hydrogens (tertiary/aromatic N) is 2. The first-order chi connectivity index (χ1) is 25.3. The zero-order chi connectivity index (χ0) is 34.0. The van der Waals surface area contributed by atoms with Gasteiger partial charge < -0.3 is 9.80 Å². The molecule has 1 aliphatic rings. The van der Waals surface area contributed by atoms with Crippen molar-refractivity contribution < 1.29 is 0 Å². The topological polar surface area (TPSA) is 6.48 Å². The number of benzene rings is 8. The summed E-state index contributed by atoms with van der Waals surface area (Å²) in [6, 6.07) is 79.7. The maximum absolute atomic E-state index is 2.84. The molecule has 3 heteroatoms. The summed E-state index contributed by atoms with van der Waals surface area (Å²) in [5.74, 6) is 0. The molecule has 0 amide bonds. The van der Waals surface area contributed by atoms with Crippen LogP contribution in [0.2, 0.25) is 0 Å². The largest absolute Gasteiger partial charge is 0.311 e. The van der Waals surface area contributed by atoms with Gasteiger partial charge in [-0.25, -0.2) is 0 Å². The van der Waals surface area contributed by atoms with Crippen molar-refractivity contribution in [3.63, 3.8) is 0 Å². The normalized spacial score (nSPS) is 12.5. The summed E-state index contributed by atoms with van der Waals surface area (Å²) in [6.45, 7) is 0. The number of hydrogen-bond donors (Lipinski definition) is 0. The van der Waals surface area contributed by atoms with Crippen molar-refractivity contribution in [3.05, 3.63) is 218 Å². The minimum atomic E-state index is -2.84. The van der Waals surface area contributed by atoms with E-state index in [0.717, 1.165) is 34.1 Å². The van der Waals surface area contributed by atoms with Crippen LogP contribution in [0.5, 0.6) is 0 Å². The van der Waals surface area contributed by atoms with Gasteiger partial charge in [0.05, 0.1) is 0 Å². The van der Waals surface area contributed by atoms with E-state index in [1.165, 1.54) is 31.9 Å². The van der Waals surface area contributed by atoms with Gasteiger partial charge in [0.2, 0.25) is 0 Å². The summed E-state index contributed by atoms with van der Waals surface area (Å²) in [5.41, 5.74) is 9.48. The molecule has 1 heterocycles. The van der Waals surface area contributed by atoms with E-state index >= 15 is 0 Å². The monoisotopic (exact) mass is 668 g/mol. The molecular formula is C48H36N2Si. The van der Waals surface area contributed by atoms with Crippen LogP contribution in [-0.2, 0) is 0 Å². The van der Waals surface area contributed by atoms with Crippen LogP contribution in [0.25, 0.3) is 11.1 Å². The number of anilines is 6. The Labute approximate surface area is 301 Å². The van der Waals surface area contributed by atoms with Gasteiger partial charge in [0.25, 0.3) is 0 Å². The summed E-state index contributed by atoms with van der Waals surface area (Å²) in [5, 5.41) is 5.57. The van der Waals surface area contributed by atoms with Gasteiger partial charge in [-0.15, -0.1) is 0 Å². The van der Waals surface area contributed by atoms with E-state index in [2.05, 4.69) is 228 Å². The zero-order valence-corrected chi connectivity index (χ0v) is 29.2. The molecule has 8 aromatic rings. The lowest BCUT2D eigenvalue weighted by Gasteiger charge is -2.34. The molecule has 0 bridgehead atoms. The standard InChI is InChI=1S/C48H36N2Si/c1-5-19-37(20-6-1)49(38-21-7-2-8-22-38)41-27-17-29-43(35-41)51(47-33-15-13-31-45(47)46-32-14-16-34-48(46)51)44-30-18-28-42(36-44)50(39-23-9-3-10-24-39)40-25-11-4-12-26-40/h1-36H. The molecule has 0 unspecified atom stereocenters. The molecule has 8 aromatic carbocycles. The SMILES string of the molecule is c1ccc(N(c2ccccc2)c2cccc([Si]3(c4cccc(N(c5ccccc5)c5ccccc5)c4)c4ccccc4-c4ccccc43)c2)cc1. The van der Waals surface area contributed by atoms with E-state index in [1.54, 1.807) is 0 Å². The fourth-order valence-corrected chi connectivity index (χ4v) is 13.2. The maximum Gasteiger partial charge on any atom is 0.181 e. The van der Waals surface area contributed by atoms with Gasteiger partial charge in [-0.3, -0.25) is 0 Å². The number of hydrogen-bond acceptors (Lipinski definition) is 2. The molecular weight excluding hydrogens is 633 g/mol. The van der Waals surface area contributed by atoms with Crippen molar-refractivity contribution in [3.8, 4) is 11.1 Å². The van der Waals surface area contributed by atoms with E-state index in [4.69, 9.17) is 0 Å². The van der Waals surface area contributed by atoms with Gasteiger partial charge in [-0.05, 0) is 105 Å². The molecule has 0 spiro atoms. The Morgan fingerprint density at radius 2 is 0.549 bits per heavy atom. The van der Waals surface area contributed by atoms with Gasteiger partial charge in [-0.1, -0.05) is 146 Å². The van der Waals surface area contributed by atoms with E-state index in [1.807, 2.05) is 0 Å². The second-order valence-corrected chi connectivity index (χ2v) is 16.7. The first kappa shape index (κ1) is 30.6. The van der Waals surface area contributed by atoms with Crippen LogP contribution in [0.1, 0.15) is 0 Å². The van der Waals surface area contributed by atoms with Crippen LogP contribution in [0.15, 0.2) is 218 Å². The van der Waals surface area contributed by atoms with Gasteiger partial charge in [0, 0.05) is 34.1 Å². The molecule has 1 aliphatic heterocycles. The minimum absolute atomic E-state index is 1.13. The van der Waals surface area contributed by atoms with Crippen LogP contribution in [-0.4, -0.2) is 8.07 Å². The molecule has 51 heavy (non-hydrogen) atoms. The smallest absolute Gasteiger partial charge is 0.181 e. The Bertz CT molecular complexity index is 2180. The first-order valence-electron chi connectivity index (χ1n) is 17.5. The van der Waals surface area contributed by atoms with Crippen LogP contribution in [0.4, 0.5) is 34.1 Å². The highest BCUT2D eigenvalue weighted by atomic mass is 28.3. The number of para-hydroxylation sites is 4. The summed E-state index contributed by atoms with van der Waals surface area (Å²) in [4.78, 5) is 4.75. The summed E-state index contributed by atoms with van der Waals surface area (Å²) in [7, 11) is -2.84. The second kappa shape index (κ2) is 13.1. The molecule has 9 rings (SSSR count). The van der Waals surface area contributed by atoms with Crippen LogP contribution in [0.3, 0.4) is 0 Å². The van der Waals surface area contributed by atoms with Crippen LogP contribution in [0, 0.1) is 0 Å². The third-order valence-electron chi connectivity index (χ3n) is 10.1. The molecule has 242 valence electrons.